The van der Waals surface area contributed by atoms with Crippen molar-refractivity contribution < 1.29 is 18.1 Å². The van der Waals surface area contributed by atoms with Gasteiger partial charge in [-0.1, -0.05) is 35.4 Å². The Morgan fingerprint density at radius 2 is 1.47 bits per heavy atom. The molecule has 176 valence electrons. The lowest BCUT2D eigenvalue weighted by molar-refractivity contribution is -0.384. The fourth-order valence-corrected chi connectivity index (χ4v) is 4.49. The zero-order chi connectivity index (χ0) is 24.9. The predicted molar refractivity (Wildman–Crippen MR) is 130 cm³/mol. The van der Waals surface area contributed by atoms with Crippen LogP contribution < -0.4 is 9.73 Å². The lowest BCUT2D eigenvalue weighted by Gasteiger charge is -2.24. The topological polar surface area (TPSA) is 122 Å². The third-order valence-electron chi connectivity index (χ3n) is 5.06. The van der Waals surface area contributed by atoms with Gasteiger partial charge in [0.2, 0.25) is 0 Å². The van der Waals surface area contributed by atoms with Gasteiger partial charge in [0.15, 0.2) is 0 Å². The summed E-state index contributed by atoms with van der Waals surface area (Å²) in [6.07, 6.45) is 0. The van der Waals surface area contributed by atoms with Crippen LogP contribution in [0.2, 0.25) is 0 Å². The van der Waals surface area contributed by atoms with Crippen molar-refractivity contribution in [3.63, 3.8) is 0 Å². The number of aryl methyl sites for hydroxylation is 2. The molecule has 0 radical (unpaired) electrons. The molecule has 3 aromatic rings. The molecule has 0 aliphatic carbocycles. The number of hydrogen-bond donors (Lipinski definition) is 1. The van der Waals surface area contributed by atoms with Crippen molar-refractivity contribution in [2.24, 2.45) is 5.10 Å². The average molecular weight is 481 g/mol. The highest BCUT2D eigenvalue weighted by Gasteiger charge is 2.27. The highest BCUT2D eigenvalue weighted by atomic mass is 32.2. The minimum atomic E-state index is -4.02. The molecule has 0 heterocycles. The second kappa shape index (κ2) is 10.3. The molecular formula is C24H24N4O5S. The Bertz CT molecular complexity index is 1320. The SMILES string of the molecule is C/C(=N/NC(=O)CN(c1ccc(C)cc1)S(=O)(=O)c1ccc(C)cc1)c1ccc([N+](=O)[O-])cc1. The van der Waals surface area contributed by atoms with E-state index in [0.29, 0.717) is 17.0 Å². The fraction of sp³-hybridized carbons (Fsp3) is 0.167. The first-order valence-electron chi connectivity index (χ1n) is 10.3. The van der Waals surface area contributed by atoms with Crippen LogP contribution in [0.25, 0.3) is 0 Å². The summed E-state index contributed by atoms with van der Waals surface area (Å²) in [4.78, 5) is 23.1. The molecule has 0 spiro atoms. The predicted octanol–water partition coefficient (Wildman–Crippen LogP) is 3.95. The van der Waals surface area contributed by atoms with Crippen molar-refractivity contribution in [1.82, 2.24) is 5.43 Å². The largest absolute Gasteiger partial charge is 0.271 e. The van der Waals surface area contributed by atoms with Crippen LogP contribution in [0.15, 0.2) is 82.8 Å². The summed E-state index contributed by atoms with van der Waals surface area (Å²) in [6, 6.07) is 18.9. The summed E-state index contributed by atoms with van der Waals surface area (Å²) in [5.74, 6) is -0.641. The van der Waals surface area contributed by atoms with Gasteiger partial charge in [-0.2, -0.15) is 5.10 Å². The molecule has 1 amide bonds. The van der Waals surface area contributed by atoms with E-state index >= 15 is 0 Å². The summed E-state index contributed by atoms with van der Waals surface area (Å²) in [7, 11) is -4.02. The van der Waals surface area contributed by atoms with E-state index in [9.17, 15) is 23.3 Å². The second-order valence-electron chi connectivity index (χ2n) is 7.70. The first-order chi connectivity index (χ1) is 16.1. The van der Waals surface area contributed by atoms with Crippen molar-refractivity contribution in [1.29, 1.82) is 0 Å². The van der Waals surface area contributed by atoms with Gasteiger partial charge in [0, 0.05) is 12.1 Å². The zero-order valence-electron chi connectivity index (χ0n) is 18.9. The number of benzene rings is 3. The van der Waals surface area contributed by atoms with Gasteiger partial charge in [0.25, 0.3) is 21.6 Å². The monoisotopic (exact) mass is 480 g/mol. The molecule has 0 atom stereocenters. The number of non-ortho nitro benzene ring substituents is 1. The number of nitro benzene ring substituents is 1. The van der Waals surface area contributed by atoms with E-state index < -0.39 is 27.4 Å². The minimum Gasteiger partial charge on any atom is -0.271 e. The average Bonchev–Trinajstić information content (AvgIpc) is 2.82. The van der Waals surface area contributed by atoms with Gasteiger partial charge in [-0.25, -0.2) is 13.8 Å². The minimum absolute atomic E-state index is 0.0596. The molecule has 3 aromatic carbocycles. The third kappa shape index (κ3) is 5.84. The molecular weight excluding hydrogens is 456 g/mol. The van der Waals surface area contributed by atoms with E-state index in [0.717, 1.165) is 15.4 Å². The molecule has 0 fully saturated rings. The van der Waals surface area contributed by atoms with Gasteiger partial charge in [0.05, 0.1) is 21.2 Å². The molecule has 34 heavy (non-hydrogen) atoms. The molecule has 0 aliphatic heterocycles. The van der Waals surface area contributed by atoms with Crippen LogP contribution in [0.5, 0.6) is 0 Å². The van der Waals surface area contributed by atoms with Gasteiger partial charge in [-0.3, -0.25) is 19.2 Å². The number of nitro groups is 1. The molecule has 0 aromatic heterocycles. The normalized spacial score (nSPS) is 11.7. The molecule has 10 heteroatoms. The molecule has 3 rings (SSSR count). The first-order valence-corrected chi connectivity index (χ1v) is 11.8. The standard InChI is InChI=1S/C24H24N4O5S/c1-17-4-10-21(11-5-17)27(34(32,33)23-14-6-18(2)7-15-23)16-24(29)26-25-19(3)20-8-12-22(13-9-20)28(30)31/h4-15H,16H2,1-3H3,(H,26,29)/b25-19-. The molecule has 1 N–H and O–H groups in total. The van der Waals surface area contributed by atoms with Gasteiger partial charge in [-0.05, 0) is 62.7 Å². The number of rotatable bonds is 8. The molecule has 0 aliphatic rings. The number of hydrazone groups is 1. The fourth-order valence-electron chi connectivity index (χ4n) is 3.06. The maximum Gasteiger partial charge on any atom is 0.269 e. The van der Waals surface area contributed by atoms with Crippen LogP contribution in [0.3, 0.4) is 0 Å². The Kier molecular flexibility index (Phi) is 7.42. The van der Waals surface area contributed by atoms with E-state index in [1.54, 1.807) is 43.3 Å². The van der Waals surface area contributed by atoms with Gasteiger partial charge >= 0.3 is 0 Å². The Labute approximate surface area is 197 Å². The van der Waals surface area contributed by atoms with Crippen LogP contribution in [0.1, 0.15) is 23.6 Å². The van der Waals surface area contributed by atoms with E-state index in [-0.39, 0.29) is 10.6 Å². The number of anilines is 1. The van der Waals surface area contributed by atoms with Gasteiger partial charge in [-0.15, -0.1) is 0 Å². The van der Waals surface area contributed by atoms with Crippen molar-refractivity contribution in [2.75, 3.05) is 10.8 Å². The summed E-state index contributed by atoms with van der Waals surface area (Å²) in [5, 5.41) is 14.8. The number of nitrogens with zero attached hydrogens (tertiary/aromatic N) is 3. The highest BCUT2D eigenvalue weighted by Crippen LogP contribution is 2.24. The smallest absolute Gasteiger partial charge is 0.269 e. The maximum absolute atomic E-state index is 13.4. The quantitative estimate of drug-likeness (QED) is 0.297. The second-order valence-corrected chi connectivity index (χ2v) is 9.56. The Morgan fingerprint density at radius 3 is 2.00 bits per heavy atom. The van der Waals surface area contributed by atoms with Crippen LogP contribution >= 0.6 is 0 Å². The number of sulfonamides is 1. The van der Waals surface area contributed by atoms with Crippen LogP contribution in [-0.4, -0.2) is 31.5 Å². The van der Waals surface area contributed by atoms with E-state index in [2.05, 4.69) is 10.5 Å². The first kappa shape index (κ1) is 24.6. The summed E-state index contributed by atoms with van der Waals surface area (Å²) in [5.41, 5.74) is 5.50. The van der Waals surface area contributed by atoms with Crippen molar-refractivity contribution in [3.05, 3.63) is 99.6 Å². The van der Waals surface area contributed by atoms with Gasteiger partial charge < -0.3 is 0 Å². The number of carbonyl (C=O) groups excluding carboxylic acids is 1. The molecule has 9 nitrogen and oxygen atoms in total. The van der Waals surface area contributed by atoms with Crippen LogP contribution in [-0.2, 0) is 14.8 Å². The summed E-state index contributed by atoms with van der Waals surface area (Å²) >= 11 is 0. The third-order valence-corrected chi connectivity index (χ3v) is 6.85. The molecule has 0 saturated heterocycles. The van der Waals surface area contributed by atoms with Crippen LogP contribution in [0, 0.1) is 24.0 Å². The van der Waals surface area contributed by atoms with Crippen molar-refractivity contribution in [2.45, 2.75) is 25.7 Å². The molecule has 0 unspecified atom stereocenters. The number of nitrogens with one attached hydrogen (secondary N) is 1. The van der Waals surface area contributed by atoms with Crippen LogP contribution in [0.4, 0.5) is 11.4 Å². The molecule has 0 bridgehead atoms. The van der Waals surface area contributed by atoms with E-state index in [1.807, 2.05) is 13.8 Å². The zero-order valence-corrected chi connectivity index (χ0v) is 19.7. The number of hydrogen-bond acceptors (Lipinski definition) is 6. The number of carbonyl (C=O) groups is 1. The lowest BCUT2D eigenvalue weighted by atomic mass is 10.1. The van der Waals surface area contributed by atoms with Crippen molar-refractivity contribution >= 4 is 33.0 Å². The van der Waals surface area contributed by atoms with Crippen molar-refractivity contribution in [3.8, 4) is 0 Å². The highest BCUT2D eigenvalue weighted by molar-refractivity contribution is 7.92. The lowest BCUT2D eigenvalue weighted by Crippen LogP contribution is -2.39. The summed E-state index contributed by atoms with van der Waals surface area (Å²) < 4.78 is 27.8. The Balaban J connectivity index is 1.83. The maximum atomic E-state index is 13.4. The molecule has 0 saturated carbocycles. The number of amides is 1. The summed E-state index contributed by atoms with van der Waals surface area (Å²) in [6.45, 7) is 4.87. The Hall–Kier alpha value is -4.05. The van der Waals surface area contributed by atoms with E-state index in [4.69, 9.17) is 0 Å². The van der Waals surface area contributed by atoms with Gasteiger partial charge in [0.1, 0.15) is 6.54 Å². The Morgan fingerprint density at radius 1 is 0.941 bits per heavy atom. The van der Waals surface area contributed by atoms with E-state index in [1.165, 1.54) is 36.4 Å².